The highest BCUT2D eigenvalue weighted by atomic mass is 35.5. The SMILES string of the molecule is COC(=O)CC(c1cc(F)cc(F)c1)c1ccnc(Cl)n1. The van der Waals surface area contributed by atoms with Crippen LogP contribution in [0, 0.1) is 11.6 Å². The van der Waals surface area contributed by atoms with Crippen LogP contribution >= 0.6 is 11.6 Å². The van der Waals surface area contributed by atoms with Gasteiger partial charge in [0.2, 0.25) is 5.28 Å². The molecule has 0 saturated heterocycles. The zero-order valence-corrected chi connectivity index (χ0v) is 11.8. The van der Waals surface area contributed by atoms with E-state index in [1.165, 1.54) is 19.4 Å². The van der Waals surface area contributed by atoms with E-state index in [9.17, 15) is 13.6 Å². The molecule has 1 atom stereocenters. The molecule has 1 unspecified atom stereocenters. The van der Waals surface area contributed by atoms with Gasteiger partial charge >= 0.3 is 5.97 Å². The Morgan fingerprint density at radius 2 is 2.00 bits per heavy atom. The first-order valence-electron chi connectivity index (χ1n) is 6.01. The summed E-state index contributed by atoms with van der Waals surface area (Å²) in [6, 6.07) is 4.58. The molecule has 2 aromatic rings. The Hall–Kier alpha value is -2.08. The Bertz CT molecular complexity index is 647. The van der Waals surface area contributed by atoms with Gasteiger partial charge in [0.15, 0.2) is 0 Å². The first-order valence-corrected chi connectivity index (χ1v) is 6.38. The Labute approximate surface area is 124 Å². The lowest BCUT2D eigenvalue weighted by Gasteiger charge is -2.16. The molecule has 1 heterocycles. The maximum absolute atomic E-state index is 13.4. The van der Waals surface area contributed by atoms with Crippen molar-refractivity contribution in [3.8, 4) is 0 Å². The molecule has 0 aliphatic carbocycles. The Morgan fingerprint density at radius 3 is 2.57 bits per heavy atom. The number of nitrogens with zero attached hydrogens (tertiary/aromatic N) is 2. The van der Waals surface area contributed by atoms with Gasteiger partial charge in [-0.15, -0.1) is 0 Å². The van der Waals surface area contributed by atoms with E-state index in [1.807, 2.05) is 0 Å². The average molecular weight is 313 g/mol. The number of hydrogen-bond donors (Lipinski definition) is 0. The van der Waals surface area contributed by atoms with E-state index in [2.05, 4.69) is 14.7 Å². The largest absolute Gasteiger partial charge is 0.469 e. The Balaban J connectivity index is 2.47. The van der Waals surface area contributed by atoms with Gasteiger partial charge in [0, 0.05) is 18.2 Å². The van der Waals surface area contributed by atoms with E-state index in [-0.39, 0.29) is 17.3 Å². The van der Waals surface area contributed by atoms with Crippen molar-refractivity contribution in [1.82, 2.24) is 9.97 Å². The molecule has 0 amide bonds. The van der Waals surface area contributed by atoms with Crippen molar-refractivity contribution in [2.75, 3.05) is 7.11 Å². The van der Waals surface area contributed by atoms with Crippen molar-refractivity contribution in [1.29, 1.82) is 0 Å². The zero-order valence-electron chi connectivity index (χ0n) is 11.0. The smallest absolute Gasteiger partial charge is 0.306 e. The van der Waals surface area contributed by atoms with Crippen LogP contribution in [-0.2, 0) is 9.53 Å². The van der Waals surface area contributed by atoms with Gasteiger partial charge in [0.05, 0.1) is 19.2 Å². The Kier molecular flexibility index (Phi) is 4.80. The predicted molar refractivity (Wildman–Crippen MR) is 71.9 cm³/mol. The molecular formula is C14H11ClF2N2O2. The molecule has 0 N–H and O–H groups in total. The molecule has 7 heteroatoms. The van der Waals surface area contributed by atoms with Gasteiger partial charge in [-0.3, -0.25) is 4.79 Å². The lowest BCUT2D eigenvalue weighted by Crippen LogP contribution is -2.12. The fourth-order valence-electron chi connectivity index (χ4n) is 1.96. The number of aromatic nitrogens is 2. The number of carbonyl (C=O) groups excluding carboxylic acids is 1. The van der Waals surface area contributed by atoms with Crippen LogP contribution < -0.4 is 0 Å². The normalized spacial score (nSPS) is 12.0. The van der Waals surface area contributed by atoms with Crippen molar-refractivity contribution < 1.29 is 18.3 Å². The molecule has 0 aliphatic rings. The maximum Gasteiger partial charge on any atom is 0.306 e. The van der Waals surface area contributed by atoms with E-state index in [0.717, 1.165) is 18.2 Å². The number of halogens is 3. The van der Waals surface area contributed by atoms with Gasteiger partial charge < -0.3 is 4.74 Å². The second kappa shape index (κ2) is 6.58. The van der Waals surface area contributed by atoms with Crippen LogP contribution in [-0.4, -0.2) is 23.0 Å². The zero-order chi connectivity index (χ0) is 15.4. The fourth-order valence-corrected chi connectivity index (χ4v) is 2.12. The molecule has 0 spiro atoms. The molecule has 110 valence electrons. The minimum Gasteiger partial charge on any atom is -0.469 e. The van der Waals surface area contributed by atoms with Gasteiger partial charge in [-0.2, -0.15) is 0 Å². The second-order valence-electron chi connectivity index (χ2n) is 4.29. The van der Waals surface area contributed by atoms with Crippen LogP contribution in [0.15, 0.2) is 30.5 Å². The van der Waals surface area contributed by atoms with Crippen molar-refractivity contribution in [3.63, 3.8) is 0 Å². The van der Waals surface area contributed by atoms with E-state index in [1.54, 1.807) is 0 Å². The van der Waals surface area contributed by atoms with E-state index in [0.29, 0.717) is 5.69 Å². The number of hydrogen-bond acceptors (Lipinski definition) is 4. The van der Waals surface area contributed by atoms with E-state index < -0.39 is 23.5 Å². The molecule has 0 aliphatic heterocycles. The van der Waals surface area contributed by atoms with E-state index in [4.69, 9.17) is 11.6 Å². The van der Waals surface area contributed by atoms with Gasteiger partial charge in [0.25, 0.3) is 0 Å². The highest BCUT2D eigenvalue weighted by Gasteiger charge is 2.22. The van der Waals surface area contributed by atoms with Crippen molar-refractivity contribution >= 4 is 17.6 Å². The number of esters is 1. The van der Waals surface area contributed by atoms with Crippen LogP contribution in [0.5, 0.6) is 0 Å². The molecule has 4 nitrogen and oxygen atoms in total. The molecule has 21 heavy (non-hydrogen) atoms. The van der Waals surface area contributed by atoms with Crippen molar-refractivity contribution in [2.45, 2.75) is 12.3 Å². The minimum atomic E-state index is -0.736. The summed E-state index contributed by atoms with van der Waals surface area (Å²) in [5.41, 5.74) is 0.651. The summed E-state index contributed by atoms with van der Waals surface area (Å²) in [5.74, 6) is -2.68. The number of rotatable bonds is 4. The molecule has 0 radical (unpaired) electrons. The first-order chi connectivity index (χ1) is 9.99. The number of carbonyl (C=O) groups is 1. The Morgan fingerprint density at radius 1 is 1.33 bits per heavy atom. The lowest BCUT2D eigenvalue weighted by molar-refractivity contribution is -0.140. The molecule has 2 rings (SSSR count). The lowest BCUT2D eigenvalue weighted by atomic mass is 9.92. The van der Waals surface area contributed by atoms with Crippen LogP contribution in [0.1, 0.15) is 23.6 Å². The van der Waals surface area contributed by atoms with Crippen LogP contribution in [0.3, 0.4) is 0 Å². The topological polar surface area (TPSA) is 52.1 Å². The highest BCUT2D eigenvalue weighted by Crippen LogP contribution is 2.28. The van der Waals surface area contributed by atoms with E-state index >= 15 is 0 Å². The standard InChI is InChI=1S/C14H11ClF2N2O2/c1-21-13(20)7-11(12-2-3-18-14(15)19-12)8-4-9(16)6-10(17)5-8/h2-6,11H,7H2,1H3. The summed E-state index contributed by atoms with van der Waals surface area (Å²) >= 11 is 5.72. The van der Waals surface area contributed by atoms with Crippen molar-refractivity contribution in [2.24, 2.45) is 0 Å². The number of ether oxygens (including phenoxy) is 1. The average Bonchev–Trinajstić information content (AvgIpc) is 2.43. The molecule has 0 bridgehead atoms. The summed E-state index contributed by atoms with van der Waals surface area (Å²) < 4.78 is 31.4. The summed E-state index contributed by atoms with van der Waals surface area (Å²) in [7, 11) is 1.23. The number of methoxy groups -OCH3 is 1. The van der Waals surface area contributed by atoms with Gasteiger partial charge in [-0.1, -0.05) is 0 Å². The highest BCUT2D eigenvalue weighted by molar-refractivity contribution is 6.28. The third-order valence-electron chi connectivity index (χ3n) is 2.89. The molecule has 1 aromatic heterocycles. The fraction of sp³-hybridized carbons (Fsp3) is 0.214. The molecule has 1 aromatic carbocycles. The van der Waals surface area contributed by atoms with Crippen LogP contribution in [0.2, 0.25) is 5.28 Å². The van der Waals surface area contributed by atoms with Gasteiger partial charge in [-0.05, 0) is 35.4 Å². The quantitative estimate of drug-likeness (QED) is 0.643. The number of benzene rings is 1. The molecular weight excluding hydrogens is 302 g/mol. The van der Waals surface area contributed by atoms with Crippen LogP contribution in [0.4, 0.5) is 8.78 Å². The maximum atomic E-state index is 13.4. The third-order valence-corrected chi connectivity index (χ3v) is 3.07. The molecule has 0 saturated carbocycles. The summed E-state index contributed by atoms with van der Waals surface area (Å²) in [6.07, 6.45) is 1.29. The molecule has 0 fully saturated rings. The third kappa shape index (κ3) is 3.95. The van der Waals surface area contributed by atoms with Gasteiger partial charge in [-0.25, -0.2) is 18.7 Å². The summed E-state index contributed by atoms with van der Waals surface area (Å²) in [6.45, 7) is 0. The summed E-state index contributed by atoms with van der Waals surface area (Å²) in [4.78, 5) is 19.3. The second-order valence-corrected chi connectivity index (χ2v) is 4.62. The van der Waals surface area contributed by atoms with Crippen molar-refractivity contribution in [3.05, 3.63) is 58.6 Å². The summed E-state index contributed by atoms with van der Waals surface area (Å²) in [5, 5.41) is -0.0146. The van der Waals surface area contributed by atoms with Gasteiger partial charge in [0.1, 0.15) is 11.6 Å². The van der Waals surface area contributed by atoms with Crippen LogP contribution in [0.25, 0.3) is 0 Å². The first kappa shape index (κ1) is 15.3. The minimum absolute atomic E-state index is 0.0146. The predicted octanol–water partition coefficient (Wildman–Crippen LogP) is 3.10. The monoisotopic (exact) mass is 312 g/mol.